The van der Waals surface area contributed by atoms with Gasteiger partial charge < -0.3 is 5.32 Å². The van der Waals surface area contributed by atoms with Gasteiger partial charge in [0.1, 0.15) is 0 Å². The van der Waals surface area contributed by atoms with Crippen LogP contribution in [0.25, 0.3) is 0 Å². The molecule has 0 radical (unpaired) electrons. The molecular formula is C10H13BrN2S. The first-order valence-electron chi connectivity index (χ1n) is 5.14. The van der Waals surface area contributed by atoms with E-state index in [1.54, 1.807) is 11.3 Å². The number of halogens is 1. The van der Waals surface area contributed by atoms with Gasteiger partial charge in [-0.2, -0.15) is 0 Å². The number of thiazole rings is 1. The topological polar surface area (TPSA) is 24.9 Å². The fraction of sp³-hybridized carbons (Fsp3) is 0.700. The zero-order valence-corrected chi connectivity index (χ0v) is 10.3. The van der Waals surface area contributed by atoms with Crippen LogP contribution in [0.4, 0.5) is 5.13 Å². The molecule has 0 bridgehead atoms. The van der Waals surface area contributed by atoms with Crippen LogP contribution in [-0.2, 0) is 0 Å². The summed E-state index contributed by atoms with van der Waals surface area (Å²) in [6, 6.07) is 0. The Labute approximate surface area is 96.3 Å². The van der Waals surface area contributed by atoms with Gasteiger partial charge in [0, 0.05) is 6.54 Å². The summed E-state index contributed by atoms with van der Waals surface area (Å²) >= 11 is 5.11. The third-order valence-corrected chi connectivity index (χ3v) is 4.84. The summed E-state index contributed by atoms with van der Waals surface area (Å²) in [5.41, 5.74) is 0.665. The predicted octanol–water partition coefficient (Wildman–Crippen LogP) is 3.51. The van der Waals surface area contributed by atoms with Crippen molar-refractivity contribution in [1.82, 2.24) is 4.98 Å². The number of aromatic nitrogens is 1. The lowest BCUT2D eigenvalue weighted by Crippen LogP contribution is -2.17. The molecule has 0 aliphatic heterocycles. The average molecular weight is 273 g/mol. The van der Waals surface area contributed by atoms with Crippen molar-refractivity contribution in [3.63, 3.8) is 0 Å². The summed E-state index contributed by atoms with van der Waals surface area (Å²) in [5.74, 6) is 1.03. The van der Waals surface area contributed by atoms with Gasteiger partial charge in [0.25, 0.3) is 0 Å². The molecular weight excluding hydrogens is 260 g/mol. The predicted molar refractivity (Wildman–Crippen MR) is 62.7 cm³/mol. The Hall–Kier alpha value is -0.0900. The second-order valence-corrected chi connectivity index (χ2v) is 6.87. The third kappa shape index (κ3) is 1.70. The number of anilines is 1. The molecule has 0 aromatic carbocycles. The summed E-state index contributed by atoms with van der Waals surface area (Å²) in [6.07, 6.45) is 7.64. The van der Waals surface area contributed by atoms with Gasteiger partial charge in [0.15, 0.2) is 5.13 Å². The summed E-state index contributed by atoms with van der Waals surface area (Å²) < 4.78 is 1.11. The first kappa shape index (κ1) is 9.16. The smallest absolute Gasteiger partial charge is 0.183 e. The molecule has 2 nitrogen and oxygen atoms in total. The molecule has 0 atom stereocenters. The molecule has 2 aliphatic rings. The fourth-order valence-electron chi connectivity index (χ4n) is 2.17. The molecule has 2 saturated carbocycles. The fourth-order valence-corrected chi connectivity index (χ4v) is 3.28. The number of nitrogens with one attached hydrogen (secondary N) is 1. The van der Waals surface area contributed by atoms with Crippen LogP contribution in [0.5, 0.6) is 0 Å². The van der Waals surface area contributed by atoms with E-state index in [2.05, 4.69) is 26.2 Å². The molecule has 14 heavy (non-hydrogen) atoms. The lowest BCUT2D eigenvalue weighted by atomic mass is 10.0. The highest BCUT2D eigenvalue weighted by molar-refractivity contribution is 9.11. The Bertz CT molecular complexity index is 342. The lowest BCUT2D eigenvalue weighted by Gasteiger charge is -2.13. The van der Waals surface area contributed by atoms with Crippen molar-refractivity contribution < 1.29 is 0 Å². The number of hydrogen-bond donors (Lipinski definition) is 1. The van der Waals surface area contributed by atoms with Crippen molar-refractivity contribution in [2.75, 3.05) is 11.9 Å². The van der Waals surface area contributed by atoms with Crippen molar-refractivity contribution in [2.24, 2.45) is 11.3 Å². The van der Waals surface area contributed by atoms with Crippen LogP contribution in [0.15, 0.2) is 9.98 Å². The second kappa shape index (κ2) is 3.20. The maximum atomic E-state index is 4.29. The van der Waals surface area contributed by atoms with E-state index >= 15 is 0 Å². The molecule has 0 saturated heterocycles. The Morgan fingerprint density at radius 3 is 2.86 bits per heavy atom. The van der Waals surface area contributed by atoms with E-state index in [0.29, 0.717) is 5.41 Å². The van der Waals surface area contributed by atoms with Crippen molar-refractivity contribution in [1.29, 1.82) is 0 Å². The summed E-state index contributed by atoms with van der Waals surface area (Å²) in [4.78, 5) is 4.29. The maximum Gasteiger partial charge on any atom is 0.183 e. The minimum absolute atomic E-state index is 0.665. The molecule has 76 valence electrons. The van der Waals surface area contributed by atoms with Crippen LogP contribution in [-0.4, -0.2) is 11.5 Å². The minimum Gasteiger partial charge on any atom is -0.361 e. The van der Waals surface area contributed by atoms with Crippen LogP contribution in [0, 0.1) is 11.3 Å². The van der Waals surface area contributed by atoms with Gasteiger partial charge in [0.2, 0.25) is 0 Å². The number of rotatable bonds is 4. The van der Waals surface area contributed by atoms with E-state index < -0.39 is 0 Å². The Balaban J connectivity index is 1.59. The van der Waals surface area contributed by atoms with Gasteiger partial charge in [-0.25, -0.2) is 4.98 Å². The lowest BCUT2D eigenvalue weighted by molar-refractivity contribution is 0.467. The molecule has 4 heteroatoms. The van der Waals surface area contributed by atoms with E-state index in [1.807, 2.05) is 6.20 Å². The molecule has 0 amide bonds. The van der Waals surface area contributed by atoms with E-state index in [4.69, 9.17) is 0 Å². The molecule has 2 aliphatic carbocycles. The van der Waals surface area contributed by atoms with Gasteiger partial charge in [-0.1, -0.05) is 11.3 Å². The van der Waals surface area contributed by atoms with Gasteiger partial charge in [-0.05, 0) is 52.9 Å². The minimum atomic E-state index is 0.665. The summed E-state index contributed by atoms with van der Waals surface area (Å²) in [5, 5.41) is 4.53. The van der Waals surface area contributed by atoms with Gasteiger partial charge in [-0.15, -0.1) is 0 Å². The molecule has 3 rings (SSSR count). The quantitative estimate of drug-likeness (QED) is 0.908. The van der Waals surface area contributed by atoms with Gasteiger partial charge >= 0.3 is 0 Å². The average Bonchev–Trinajstić information content (AvgIpc) is 3.03. The molecule has 1 aromatic rings. The molecule has 1 heterocycles. The first-order chi connectivity index (χ1) is 6.78. The third-order valence-electron chi connectivity index (χ3n) is 3.40. The van der Waals surface area contributed by atoms with Crippen molar-refractivity contribution in [3.05, 3.63) is 9.98 Å². The first-order valence-corrected chi connectivity index (χ1v) is 6.75. The van der Waals surface area contributed by atoms with Gasteiger partial charge in [0.05, 0.1) is 9.98 Å². The molecule has 1 aromatic heterocycles. The van der Waals surface area contributed by atoms with Crippen LogP contribution >= 0.6 is 27.3 Å². The Morgan fingerprint density at radius 2 is 2.36 bits per heavy atom. The number of hydrogen-bond acceptors (Lipinski definition) is 3. The van der Waals surface area contributed by atoms with E-state index in [9.17, 15) is 0 Å². The number of nitrogens with zero attached hydrogens (tertiary/aromatic N) is 1. The highest BCUT2D eigenvalue weighted by Gasteiger charge is 2.53. The summed E-state index contributed by atoms with van der Waals surface area (Å²) in [6.45, 7) is 1.14. The monoisotopic (exact) mass is 272 g/mol. The van der Waals surface area contributed by atoms with Crippen LogP contribution in [0.1, 0.15) is 25.7 Å². The maximum absolute atomic E-state index is 4.29. The normalized spacial score (nSPS) is 23.5. The van der Waals surface area contributed by atoms with Crippen LogP contribution < -0.4 is 5.32 Å². The zero-order valence-electron chi connectivity index (χ0n) is 7.92. The van der Waals surface area contributed by atoms with Gasteiger partial charge in [-0.3, -0.25) is 0 Å². The van der Waals surface area contributed by atoms with Crippen molar-refractivity contribution >= 4 is 32.4 Å². The second-order valence-electron chi connectivity index (χ2n) is 4.46. The van der Waals surface area contributed by atoms with Crippen LogP contribution in [0.2, 0.25) is 0 Å². The van der Waals surface area contributed by atoms with E-state index in [0.717, 1.165) is 21.4 Å². The highest BCUT2D eigenvalue weighted by atomic mass is 79.9. The molecule has 2 fully saturated rings. The van der Waals surface area contributed by atoms with E-state index in [1.165, 1.54) is 25.7 Å². The zero-order chi connectivity index (χ0) is 9.60. The Kier molecular flexibility index (Phi) is 2.10. The van der Waals surface area contributed by atoms with Crippen LogP contribution in [0.3, 0.4) is 0 Å². The van der Waals surface area contributed by atoms with E-state index in [-0.39, 0.29) is 0 Å². The molecule has 1 N–H and O–H groups in total. The highest BCUT2D eigenvalue weighted by Crippen LogP contribution is 2.61. The largest absolute Gasteiger partial charge is 0.361 e. The standard InChI is InChI=1S/C10H13BrN2S/c11-8-5-12-9(14-8)13-6-10(3-4-10)7-1-2-7/h5,7H,1-4,6H2,(H,12,13). The Morgan fingerprint density at radius 1 is 1.57 bits per heavy atom. The van der Waals surface area contributed by atoms with Crippen molar-refractivity contribution in [3.8, 4) is 0 Å². The summed E-state index contributed by atoms with van der Waals surface area (Å²) in [7, 11) is 0. The molecule has 0 spiro atoms. The van der Waals surface area contributed by atoms with Crippen molar-refractivity contribution in [2.45, 2.75) is 25.7 Å². The SMILES string of the molecule is Brc1cnc(NCC2(C3CC3)CC2)s1. The molecule has 0 unspecified atom stereocenters.